The minimum Gasteiger partial charge on any atom is -0.490 e. The van der Waals surface area contributed by atoms with Gasteiger partial charge < -0.3 is 16.2 Å². The van der Waals surface area contributed by atoms with E-state index < -0.39 is 11.7 Å². The van der Waals surface area contributed by atoms with Crippen LogP contribution in [0.3, 0.4) is 0 Å². The Morgan fingerprint density at radius 2 is 1.94 bits per heavy atom. The molecule has 3 heterocycles. The summed E-state index contributed by atoms with van der Waals surface area (Å²) >= 11 is 12.7. The zero-order valence-corrected chi connectivity index (χ0v) is 20.3. The summed E-state index contributed by atoms with van der Waals surface area (Å²) in [4.78, 5) is 12.9. The quantitative estimate of drug-likeness (QED) is 0.352. The van der Waals surface area contributed by atoms with E-state index in [0.29, 0.717) is 39.6 Å². The summed E-state index contributed by atoms with van der Waals surface area (Å²) in [6.07, 6.45) is 4.54. The van der Waals surface area contributed by atoms with Crippen LogP contribution in [-0.2, 0) is 0 Å². The van der Waals surface area contributed by atoms with Crippen molar-refractivity contribution in [2.45, 2.75) is 32.8 Å². The molecule has 1 unspecified atom stereocenters. The van der Waals surface area contributed by atoms with E-state index in [1.54, 1.807) is 35.0 Å². The second kappa shape index (κ2) is 9.12. The highest BCUT2D eigenvalue weighted by atomic mass is 35.5. The van der Waals surface area contributed by atoms with Gasteiger partial charge in [0.2, 0.25) is 0 Å². The van der Waals surface area contributed by atoms with Crippen molar-refractivity contribution in [2.24, 2.45) is 5.73 Å². The van der Waals surface area contributed by atoms with E-state index in [1.807, 2.05) is 20.8 Å². The van der Waals surface area contributed by atoms with E-state index in [2.05, 4.69) is 21.5 Å². The fourth-order valence-corrected chi connectivity index (χ4v) is 4.28. The minimum absolute atomic E-state index is 0.0617. The van der Waals surface area contributed by atoms with Gasteiger partial charge in [-0.2, -0.15) is 0 Å². The van der Waals surface area contributed by atoms with Gasteiger partial charge >= 0.3 is 0 Å². The molecule has 0 aliphatic rings. The molecular weight excluding hydrogens is 478 g/mol. The Bertz CT molecular complexity index is 1400. The van der Waals surface area contributed by atoms with E-state index in [9.17, 15) is 0 Å². The van der Waals surface area contributed by atoms with Crippen LogP contribution in [0.15, 0.2) is 43.4 Å². The molecule has 3 aromatic heterocycles. The van der Waals surface area contributed by atoms with Gasteiger partial charge in [0, 0.05) is 35.6 Å². The average molecular weight is 501 g/mol. The first kappa shape index (κ1) is 23.8. The Labute approximate surface area is 206 Å². The molecule has 176 valence electrons. The van der Waals surface area contributed by atoms with Crippen molar-refractivity contribution in [2.75, 3.05) is 5.73 Å². The number of rotatable bonds is 6. The molecule has 4 aromatic rings. The number of nitrogens with two attached hydrogens (primary N) is 2. The Hall–Kier alpha value is -3.36. The van der Waals surface area contributed by atoms with Crippen LogP contribution < -0.4 is 16.2 Å². The van der Waals surface area contributed by atoms with Crippen LogP contribution in [0.5, 0.6) is 5.75 Å². The lowest BCUT2D eigenvalue weighted by Crippen LogP contribution is -2.13. The lowest BCUT2D eigenvalue weighted by molar-refractivity contribution is 0.239. The molecule has 0 aliphatic carbocycles. The van der Waals surface area contributed by atoms with Gasteiger partial charge in [0.05, 0.1) is 28.1 Å². The molecule has 0 fully saturated rings. The van der Waals surface area contributed by atoms with Gasteiger partial charge in [-0.3, -0.25) is 9.38 Å². The summed E-state index contributed by atoms with van der Waals surface area (Å²) in [5.41, 5.74) is 14.3. The largest absolute Gasteiger partial charge is 0.490 e. The number of nitrogen functional groups attached to an aromatic ring is 1. The zero-order valence-electron chi connectivity index (χ0n) is 18.8. The molecule has 0 spiro atoms. The maximum absolute atomic E-state index is 15.5. The van der Waals surface area contributed by atoms with Crippen LogP contribution in [0.4, 0.5) is 10.2 Å². The first-order chi connectivity index (χ1) is 16.1. The van der Waals surface area contributed by atoms with Crippen molar-refractivity contribution >= 4 is 40.2 Å². The van der Waals surface area contributed by atoms with Gasteiger partial charge in [-0.1, -0.05) is 42.8 Å². The topological polar surface area (TPSA) is 104 Å². The van der Waals surface area contributed by atoms with Gasteiger partial charge in [0.25, 0.3) is 0 Å². The number of aromatic nitrogens is 4. The van der Waals surface area contributed by atoms with Crippen molar-refractivity contribution in [3.05, 3.63) is 76.4 Å². The minimum atomic E-state index is -0.617. The number of ether oxygens (including phenoxy) is 1. The molecule has 0 saturated carbocycles. The molecule has 10 heteroatoms. The first-order valence-electron chi connectivity index (χ1n) is 10.5. The third-order valence-electron chi connectivity index (χ3n) is 5.36. The summed E-state index contributed by atoms with van der Waals surface area (Å²) in [6.45, 7) is 9.31. The van der Waals surface area contributed by atoms with Gasteiger partial charge in [-0.05, 0) is 26.0 Å². The first-order valence-corrected chi connectivity index (χ1v) is 11.2. The van der Waals surface area contributed by atoms with Crippen molar-refractivity contribution in [3.8, 4) is 16.9 Å². The van der Waals surface area contributed by atoms with Crippen molar-refractivity contribution < 1.29 is 9.13 Å². The molecule has 0 radical (unpaired) electrons. The molecule has 34 heavy (non-hydrogen) atoms. The highest BCUT2D eigenvalue weighted by Crippen LogP contribution is 2.44. The predicted octanol–water partition coefficient (Wildman–Crippen LogP) is 5.69. The van der Waals surface area contributed by atoms with Crippen molar-refractivity contribution in [1.29, 1.82) is 0 Å². The Morgan fingerprint density at radius 1 is 1.21 bits per heavy atom. The van der Waals surface area contributed by atoms with E-state index in [0.717, 1.165) is 0 Å². The predicted molar refractivity (Wildman–Crippen MR) is 134 cm³/mol. The third kappa shape index (κ3) is 4.15. The van der Waals surface area contributed by atoms with E-state index in [-0.39, 0.29) is 27.7 Å². The standard InChI is InChI=1S/C24H23Cl2FN6O/c1-11(2)34-21-15(12(3)24-32-22(26)20-23(29)30-7-8-33(20)24)9-16(25)19(27)18(21)14-5-6-17(13(4)28)31-10-14/h5-12H,4,28H2,1-3H3,(H2,29,30). The number of fused-ring (bicyclic) bond motifs is 1. The Morgan fingerprint density at radius 3 is 2.56 bits per heavy atom. The van der Waals surface area contributed by atoms with Gasteiger partial charge in [0.1, 0.15) is 17.1 Å². The molecule has 7 nitrogen and oxygen atoms in total. The smallest absolute Gasteiger partial charge is 0.158 e. The maximum Gasteiger partial charge on any atom is 0.158 e. The fourth-order valence-electron chi connectivity index (χ4n) is 3.79. The SMILES string of the molecule is C=C(N)c1ccc(-c2c(F)c(Cl)cc(C(C)c3nc(Cl)c4c(N)nccn34)c2OC(C)C)cn1. The van der Waals surface area contributed by atoms with Gasteiger partial charge in [-0.15, -0.1) is 0 Å². The van der Waals surface area contributed by atoms with Gasteiger partial charge in [-0.25, -0.2) is 14.4 Å². The number of hydrogen-bond donors (Lipinski definition) is 2. The molecule has 4 rings (SSSR count). The molecule has 1 atom stereocenters. The average Bonchev–Trinajstić information content (AvgIpc) is 3.13. The summed E-state index contributed by atoms with van der Waals surface area (Å²) in [7, 11) is 0. The number of halogens is 3. The molecule has 4 N–H and O–H groups in total. The van der Waals surface area contributed by atoms with Crippen molar-refractivity contribution in [1.82, 2.24) is 19.4 Å². The molecule has 1 aromatic carbocycles. The molecule has 0 aliphatic heterocycles. The monoisotopic (exact) mass is 500 g/mol. The van der Waals surface area contributed by atoms with E-state index in [1.165, 1.54) is 6.20 Å². The number of anilines is 1. The van der Waals surface area contributed by atoms with Crippen LogP contribution in [0.25, 0.3) is 22.3 Å². The van der Waals surface area contributed by atoms with Gasteiger partial charge in [0.15, 0.2) is 16.8 Å². The van der Waals surface area contributed by atoms with Crippen LogP contribution in [0.2, 0.25) is 10.2 Å². The van der Waals surface area contributed by atoms with Crippen molar-refractivity contribution in [3.63, 3.8) is 0 Å². The lowest BCUT2D eigenvalue weighted by Gasteiger charge is -2.23. The van der Waals surface area contributed by atoms with Crippen LogP contribution in [-0.4, -0.2) is 25.5 Å². The molecule has 0 saturated heterocycles. The van der Waals surface area contributed by atoms with Crippen LogP contribution in [0, 0.1) is 5.82 Å². The molecule has 0 amide bonds. The second-order valence-electron chi connectivity index (χ2n) is 8.10. The Balaban J connectivity index is 1.96. The third-order valence-corrected chi connectivity index (χ3v) is 5.90. The molecule has 0 bridgehead atoms. The number of pyridine rings is 1. The number of nitrogens with zero attached hydrogens (tertiary/aromatic N) is 4. The summed E-state index contributed by atoms with van der Waals surface area (Å²) < 4.78 is 23.4. The van der Waals surface area contributed by atoms with Crippen LogP contribution >= 0.6 is 23.2 Å². The normalized spacial score (nSPS) is 12.3. The zero-order chi connectivity index (χ0) is 24.7. The van der Waals surface area contributed by atoms with E-state index >= 15 is 4.39 Å². The highest BCUT2D eigenvalue weighted by molar-refractivity contribution is 6.33. The fraction of sp³-hybridized carbons (Fsp3) is 0.208. The summed E-state index contributed by atoms with van der Waals surface area (Å²) in [5.74, 6) is 0.143. The number of hydrogen-bond acceptors (Lipinski definition) is 6. The van der Waals surface area contributed by atoms with Crippen LogP contribution in [0.1, 0.15) is 43.8 Å². The van der Waals surface area contributed by atoms with E-state index in [4.69, 9.17) is 39.4 Å². The Kier molecular flexibility index (Phi) is 6.38. The number of imidazole rings is 1. The number of benzene rings is 1. The molecular formula is C24H23Cl2FN6O. The highest BCUT2D eigenvalue weighted by Gasteiger charge is 2.28. The second-order valence-corrected chi connectivity index (χ2v) is 8.87. The summed E-state index contributed by atoms with van der Waals surface area (Å²) in [5, 5.41) is 0.155. The lowest BCUT2D eigenvalue weighted by atomic mass is 9.93. The summed E-state index contributed by atoms with van der Waals surface area (Å²) in [6, 6.07) is 4.91. The maximum atomic E-state index is 15.5.